The zero-order valence-corrected chi connectivity index (χ0v) is 21.3. The summed E-state index contributed by atoms with van der Waals surface area (Å²) >= 11 is 1.83. The van der Waals surface area contributed by atoms with Gasteiger partial charge in [-0.1, -0.05) is 50.1 Å². The van der Waals surface area contributed by atoms with Crippen molar-refractivity contribution in [2.75, 3.05) is 19.6 Å². The lowest BCUT2D eigenvalue weighted by Crippen LogP contribution is -2.29. The number of amides is 1. The van der Waals surface area contributed by atoms with Crippen LogP contribution in [0.1, 0.15) is 85.8 Å². The summed E-state index contributed by atoms with van der Waals surface area (Å²) in [6.07, 6.45) is 6.19. The van der Waals surface area contributed by atoms with Gasteiger partial charge in [0.1, 0.15) is 0 Å². The molecule has 4 nitrogen and oxygen atoms in total. The summed E-state index contributed by atoms with van der Waals surface area (Å²) in [5.74, 6) is 0.578. The molecule has 0 bridgehead atoms. The molecule has 1 aliphatic heterocycles. The Kier molecular flexibility index (Phi) is 8.76. The van der Waals surface area contributed by atoms with Crippen molar-refractivity contribution < 1.29 is 9.90 Å². The van der Waals surface area contributed by atoms with Crippen LogP contribution in [0.5, 0.6) is 0 Å². The Balaban J connectivity index is 1.25. The van der Waals surface area contributed by atoms with Crippen molar-refractivity contribution >= 4 is 27.3 Å². The van der Waals surface area contributed by atoms with Crippen molar-refractivity contribution in [2.24, 2.45) is 0 Å². The number of nitrogens with zero attached hydrogens (tertiary/aromatic N) is 1. The molecule has 1 aliphatic rings. The first-order chi connectivity index (χ1) is 16.6. The Bertz CT molecular complexity index is 1060. The Morgan fingerprint density at radius 2 is 1.94 bits per heavy atom. The fraction of sp³-hybridized carbons (Fsp3) is 0.483. The molecule has 3 atom stereocenters. The second-order valence-electron chi connectivity index (χ2n) is 9.66. The van der Waals surface area contributed by atoms with E-state index in [0.29, 0.717) is 31.5 Å². The number of hydrogen-bond acceptors (Lipinski definition) is 4. The maximum absolute atomic E-state index is 12.7. The average molecular weight is 479 g/mol. The van der Waals surface area contributed by atoms with Crippen molar-refractivity contribution in [3.63, 3.8) is 0 Å². The molecular formula is C29H38N2O2S. The zero-order chi connectivity index (χ0) is 23.9. The summed E-state index contributed by atoms with van der Waals surface area (Å²) in [4.78, 5) is 14.4. The van der Waals surface area contributed by atoms with Crippen LogP contribution in [-0.2, 0) is 0 Å². The molecule has 182 valence electrons. The Hall–Kier alpha value is -2.21. The molecule has 4 rings (SSSR count). The van der Waals surface area contributed by atoms with E-state index in [-0.39, 0.29) is 12.0 Å². The van der Waals surface area contributed by atoms with Crippen molar-refractivity contribution in [3.05, 3.63) is 70.6 Å². The first-order valence-corrected chi connectivity index (χ1v) is 13.7. The van der Waals surface area contributed by atoms with E-state index >= 15 is 0 Å². The molecule has 2 aromatic carbocycles. The SMILES string of the molecule is CCC[C@@H](CCCCN[C@H](C)c1csc2ccccc12)c1ccc(C(=O)N2CC[C@H](O)C2)cc1. The number of hydrogen-bond donors (Lipinski definition) is 2. The van der Waals surface area contributed by atoms with E-state index in [0.717, 1.165) is 18.5 Å². The molecule has 5 heteroatoms. The number of fused-ring (bicyclic) bond motifs is 1. The first kappa shape index (κ1) is 24.9. The third kappa shape index (κ3) is 6.07. The Labute approximate surface area is 208 Å². The van der Waals surface area contributed by atoms with Crippen LogP contribution in [0, 0.1) is 0 Å². The summed E-state index contributed by atoms with van der Waals surface area (Å²) in [6, 6.07) is 17.2. The molecule has 0 saturated carbocycles. The number of likely N-dealkylation sites (tertiary alicyclic amines) is 1. The number of aliphatic hydroxyl groups is 1. The maximum atomic E-state index is 12.7. The van der Waals surface area contributed by atoms with Gasteiger partial charge in [-0.3, -0.25) is 4.79 Å². The van der Waals surface area contributed by atoms with Gasteiger partial charge in [0.05, 0.1) is 6.10 Å². The molecule has 2 heterocycles. The number of benzene rings is 2. The number of β-amino-alcohol motifs (C(OH)–C–C–N with tert-alkyl or cyclic N) is 1. The number of carbonyl (C=O) groups excluding carboxylic acids is 1. The largest absolute Gasteiger partial charge is 0.391 e. The average Bonchev–Trinajstić information content (AvgIpc) is 3.49. The minimum absolute atomic E-state index is 0.0359. The van der Waals surface area contributed by atoms with Gasteiger partial charge in [0.15, 0.2) is 0 Å². The summed E-state index contributed by atoms with van der Waals surface area (Å²) in [5.41, 5.74) is 3.47. The molecule has 1 amide bonds. The van der Waals surface area contributed by atoms with Gasteiger partial charge in [0.2, 0.25) is 0 Å². The maximum Gasteiger partial charge on any atom is 0.253 e. The Morgan fingerprint density at radius 1 is 1.15 bits per heavy atom. The smallest absolute Gasteiger partial charge is 0.253 e. The van der Waals surface area contributed by atoms with Crippen LogP contribution in [0.4, 0.5) is 0 Å². The number of aliphatic hydroxyl groups excluding tert-OH is 1. The second kappa shape index (κ2) is 12.0. The summed E-state index contributed by atoms with van der Waals surface area (Å²) in [5, 5.41) is 17.1. The van der Waals surface area contributed by atoms with Crippen LogP contribution in [-0.4, -0.2) is 41.7 Å². The van der Waals surface area contributed by atoms with Crippen LogP contribution in [0.2, 0.25) is 0 Å². The van der Waals surface area contributed by atoms with Crippen molar-refractivity contribution in [1.82, 2.24) is 10.2 Å². The molecule has 0 spiro atoms. The van der Waals surface area contributed by atoms with Crippen molar-refractivity contribution in [1.29, 1.82) is 0 Å². The third-order valence-electron chi connectivity index (χ3n) is 7.12. The minimum Gasteiger partial charge on any atom is -0.391 e. The van der Waals surface area contributed by atoms with Crippen molar-refractivity contribution in [3.8, 4) is 0 Å². The number of carbonyl (C=O) groups is 1. The summed E-state index contributed by atoms with van der Waals surface area (Å²) < 4.78 is 1.36. The Morgan fingerprint density at radius 3 is 2.68 bits per heavy atom. The monoisotopic (exact) mass is 478 g/mol. The lowest BCUT2D eigenvalue weighted by Gasteiger charge is -2.19. The fourth-order valence-corrected chi connectivity index (χ4v) is 6.17. The molecule has 1 aromatic heterocycles. The van der Waals surface area contributed by atoms with Crippen LogP contribution < -0.4 is 5.32 Å². The zero-order valence-electron chi connectivity index (χ0n) is 20.5. The van der Waals surface area contributed by atoms with Crippen LogP contribution in [0.25, 0.3) is 10.1 Å². The molecule has 2 N–H and O–H groups in total. The van der Waals surface area contributed by atoms with E-state index < -0.39 is 0 Å². The molecule has 3 aromatic rings. The van der Waals surface area contributed by atoms with Crippen LogP contribution in [0.3, 0.4) is 0 Å². The predicted octanol–water partition coefficient (Wildman–Crippen LogP) is 6.51. The quantitative estimate of drug-likeness (QED) is 0.309. The number of nitrogens with one attached hydrogen (secondary N) is 1. The highest BCUT2D eigenvalue weighted by Crippen LogP contribution is 2.30. The van der Waals surface area contributed by atoms with Gasteiger partial charge in [-0.05, 0) is 85.2 Å². The van der Waals surface area contributed by atoms with Gasteiger partial charge in [-0.25, -0.2) is 0 Å². The number of unbranched alkanes of at least 4 members (excludes halogenated alkanes) is 1. The van der Waals surface area contributed by atoms with Gasteiger partial charge < -0.3 is 15.3 Å². The van der Waals surface area contributed by atoms with Crippen LogP contribution >= 0.6 is 11.3 Å². The summed E-state index contributed by atoms with van der Waals surface area (Å²) in [6.45, 7) is 6.64. The molecular weight excluding hydrogens is 440 g/mol. The highest BCUT2D eigenvalue weighted by atomic mass is 32.1. The second-order valence-corrected chi connectivity index (χ2v) is 10.6. The highest BCUT2D eigenvalue weighted by Gasteiger charge is 2.25. The van der Waals surface area contributed by atoms with E-state index in [9.17, 15) is 9.90 Å². The molecule has 1 saturated heterocycles. The highest BCUT2D eigenvalue weighted by molar-refractivity contribution is 7.17. The van der Waals surface area contributed by atoms with Gasteiger partial charge in [-0.2, -0.15) is 0 Å². The van der Waals surface area contributed by atoms with Crippen LogP contribution in [0.15, 0.2) is 53.9 Å². The molecule has 0 unspecified atom stereocenters. The predicted molar refractivity (Wildman–Crippen MR) is 143 cm³/mol. The van der Waals surface area contributed by atoms with Crippen molar-refractivity contribution in [2.45, 2.75) is 70.4 Å². The standard InChI is InChI=1S/C29H38N2O2S/c1-3-8-22(23-12-14-24(15-13-23)29(33)31-18-16-25(32)19-31)9-6-7-17-30-21(2)27-20-34-28-11-5-4-10-26(27)28/h4-5,10-15,20-22,25,30,32H,3,6-9,16-19H2,1-2H3/t21-,22+,25+/m1/s1. The van der Waals surface area contributed by atoms with E-state index in [2.05, 4.69) is 60.9 Å². The molecule has 0 radical (unpaired) electrons. The lowest BCUT2D eigenvalue weighted by molar-refractivity contribution is 0.0765. The van der Waals surface area contributed by atoms with E-state index in [1.165, 1.54) is 46.9 Å². The summed E-state index contributed by atoms with van der Waals surface area (Å²) in [7, 11) is 0. The fourth-order valence-electron chi connectivity index (χ4n) is 5.11. The third-order valence-corrected chi connectivity index (χ3v) is 8.11. The topological polar surface area (TPSA) is 52.6 Å². The van der Waals surface area contributed by atoms with E-state index in [1.807, 2.05) is 23.5 Å². The van der Waals surface area contributed by atoms with Gasteiger partial charge in [0, 0.05) is 29.4 Å². The molecule has 34 heavy (non-hydrogen) atoms. The van der Waals surface area contributed by atoms with E-state index in [1.54, 1.807) is 4.90 Å². The minimum atomic E-state index is -0.376. The van der Waals surface area contributed by atoms with Gasteiger partial charge in [0.25, 0.3) is 5.91 Å². The molecule has 0 aliphatic carbocycles. The number of rotatable bonds is 11. The van der Waals surface area contributed by atoms with Gasteiger partial charge in [-0.15, -0.1) is 11.3 Å². The van der Waals surface area contributed by atoms with Gasteiger partial charge >= 0.3 is 0 Å². The number of thiophene rings is 1. The normalized spacial score (nSPS) is 17.9. The first-order valence-electron chi connectivity index (χ1n) is 12.8. The molecule has 1 fully saturated rings. The lowest BCUT2D eigenvalue weighted by atomic mass is 9.89. The van der Waals surface area contributed by atoms with E-state index in [4.69, 9.17) is 0 Å².